The molecule has 0 spiro atoms. The van der Waals surface area contributed by atoms with Crippen LogP contribution in [0.1, 0.15) is 0 Å². The third-order valence-corrected chi connectivity index (χ3v) is 3.24. The van der Waals surface area contributed by atoms with Gasteiger partial charge in [0.1, 0.15) is 11.5 Å². The molecule has 4 aromatic heterocycles. The third-order valence-electron chi connectivity index (χ3n) is 3.24. The molecule has 0 saturated carbocycles. The molecule has 0 atom stereocenters. The average Bonchev–Trinajstić information content (AvgIpc) is 2.85. The maximum Gasteiger partial charge on any atom is 0.139 e. The van der Waals surface area contributed by atoms with Crippen LogP contribution in [-0.4, -0.2) is 19.9 Å². The minimum absolute atomic E-state index is 0.322. The third kappa shape index (κ3) is 1.64. The van der Waals surface area contributed by atoms with Crippen LogP contribution in [0.15, 0.2) is 48.9 Å². The summed E-state index contributed by atoms with van der Waals surface area (Å²) < 4.78 is 13.3. The Morgan fingerprint density at radius 2 is 1.90 bits per heavy atom. The van der Waals surface area contributed by atoms with Crippen LogP contribution in [0.5, 0.6) is 0 Å². The summed E-state index contributed by atoms with van der Waals surface area (Å²) >= 11 is 0. The molecule has 4 heterocycles. The highest BCUT2D eigenvalue weighted by Gasteiger charge is 2.08. The van der Waals surface area contributed by atoms with Crippen LogP contribution in [0.3, 0.4) is 0 Å². The Balaban J connectivity index is 1.97. The monoisotopic (exact) mass is 264 g/mol. The normalized spacial score (nSPS) is 11.2. The van der Waals surface area contributed by atoms with Crippen molar-refractivity contribution in [2.45, 2.75) is 0 Å². The Bertz CT molecular complexity index is 929. The van der Waals surface area contributed by atoms with Gasteiger partial charge in [-0.05, 0) is 24.3 Å². The Kier molecular flexibility index (Phi) is 2.26. The number of aromatic nitrogens is 4. The number of halogens is 1. The standard InChI is InChI=1S/C15H9FN4/c16-9-3-6-18-14(7-9)13-2-1-10-11-8-17-5-4-12(11)19-15(10)20-13/h1-8H,(H,19,20). The predicted molar refractivity (Wildman–Crippen MR) is 74.6 cm³/mol. The van der Waals surface area contributed by atoms with Gasteiger partial charge in [0.15, 0.2) is 0 Å². The van der Waals surface area contributed by atoms with E-state index in [4.69, 9.17) is 0 Å². The second-order valence-corrected chi connectivity index (χ2v) is 4.50. The molecular weight excluding hydrogens is 255 g/mol. The summed E-state index contributed by atoms with van der Waals surface area (Å²) in [4.78, 5) is 16.0. The highest BCUT2D eigenvalue weighted by molar-refractivity contribution is 6.05. The zero-order valence-electron chi connectivity index (χ0n) is 10.3. The van der Waals surface area contributed by atoms with Crippen LogP contribution in [0.25, 0.3) is 33.3 Å². The molecule has 0 fully saturated rings. The number of rotatable bonds is 1. The fourth-order valence-corrected chi connectivity index (χ4v) is 2.30. The number of H-pyrrole nitrogens is 1. The number of hydrogen-bond donors (Lipinski definition) is 1. The summed E-state index contributed by atoms with van der Waals surface area (Å²) in [6.45, 7) is 0. The van der Waals surface area contributed by atoms with E-state index in [0.29, 0.717) is 11.4 Å². The van der Waals surface area contributed by atoms with E-state index in [1.54, 1.807) is 12.4 Å². The summed E-state index contributed by atoms with van der Waals surface area (Å²) in [6, 6.07) is 8.38. The molecule has 0 aromatic carbocycles. The van der Waals surface area contributed by atoms with Gasteiger partial charge in [-0.25, -0.2) is 9.37 Å². The van der Waals surface area contributed by atoms with Gasteiger partial charge in [-0.1, -0.05) is 0 Å². The smallest absolute Gasteiger partial charge is 0.139 e. The van der Waals surface area contributed by atoms with Crippen molar-refractivity contribution in [3.05, 3.63) is 54.7 Å². The average molecular weight is 264 g/mol. The lowest BCUT2D eigenvalue weighted by molar-refractivity contribution is 0.626. The highest BCUT2D eigenvalue weighted by Crippen LogP contribution is 2.25. The second-order valence-electron chi connectivity index (χ2n) is 4.50. The zero-order chi connectivity index (χ0) is 13.5. The number of nitrogens with one attached hydrogen (secondary N) is 1. The maximum absolute atomic E-state index is 13.3. The first kappa shape index (κ1) is 11.0. The molecule has 96 valence electrons. The fraction of sp³-hybridized carbons (Fsp3) is 0. The van der Waals surface area contributed by atoms with Gasteiger partial charge < -0.3 is 4.98 Å². The summed E-state index contributed by atoms with van der Waals surface area (Å²) in [6.07, 6.45) is 4.97. The van der Waals surface area contributed by atoms with Crippen molar-refractivity contribution >= 4 is 21.9 Å². The van der Waals surface area contributed by atoms with Gasteiger partial charge in [0, 0.05) is 35.4 Å². The van der Waals surface area contributed by atoms with E-state index < -0.39 is 0 Å². The van der Waals surface area contributed by atoms with Crippen molar-refractivity contribution in [2.24, 2.45) is 0 Å². The second kappa shape index (κ2) is 4.09. The molecule has 0 aliphatic rings. The largest absolute Gasteiger partial charge is 0.339 e. The van der Waals surface area contributed by atoms with Gasteiger partial charge >= 0.3 is 0 Å². The molecular formula is C15H9FN4. The minimum atomic E-state index is -0.322. The summed E-state index contributed by atoms with van der Waals surface area (Å²) in [5.41, 5.74) is 2.88. The van der Waals surface area contributed by atoms with Gasteiger partial charge in [-0.3, -0.25) is 9.97 Å². The Morgan fingerprint density at radius 1 is 0.950 bits per heavy atom. The van der Waals surface area contributed by atoms with E-state index >= 15 is 0 Å². The number of aromatic amines is 1. The predicted octanol–water partition coefficient (Wildman–Crippen LogP) is 3.31. The molecule has 0 radical (unpaired) electrons. The molecule has 20 heavy (non-hydrogen) atoms. The van der Waals surface area contributed by atoms with E-state index in [9.17, 15) is 4.39 Å². The van der Waals surface area contributed by atoms with E-state index in [-0.39, 0.29) is 5.82 Å². The van der Waals surface area contributed by atoms with Gasteiger partial charge in [0.05, 0.1) is 16.9 Å². The van der Waals surface area contributed by atoms with E-state index in [2.05, 4.69) is 19.9 Å². The van der Waals surface area contributed by atoms with Crippen molar-refractivity contribution < 1.29 is 4.39 Å². The van der Waals surface area contributed by atoms with Gasteiger partial charge in [-0.15, -0.1) is 0 Å². The maximum atomic E-state index is 13.3. The van der Waals surface area contributed by atoms with E-state index in [1.165, 1.54) is 18.3 Å². The zero-order valence-corrected chi connectivity index (χ0v) is 10.3. The lowest BCUT2D eigenvalue weighted by atomic mass is 10.2. The number of nitrogens with zero attached hydrogens (tertiary/aromatic N) is 3. The quantitative estimate of drug-likeness (QED) is 0.574. The van der Waals surface area contributed by atoms with Crippen LogP contribution < -0.4 is 0 Å². The first-order valence-electron chi connectivity index (χ1n) is 6.16. The van der Waals surface area contributed by atoms with E-state index in [0.717, 1.165) is 21.9 Å². The Hall–Kier alpha value is -2.82. The lowest BCUT2D eigenvalue weighted by Crippen LogP contribution is -1.88. The minimum Gasteiger partial charge on any atom is -0.339 e. The van der Waals surface area contributed by atoms with Gasteiger partial charge in [-0.2, -0.15) is 0 Å². The van der Waals surface area contributed by atoms with Crippen LogP contribution in [-0.2, 0) is 0 Å². The van der Waals surface area contributed by atoms with Crippen molar-refractivity contribution in [3.63, 3.8) is 0 Å². The van der Waals surface area contributed by atoms with E-state index in [1.807, 2.05) is 18.2 Å². The topological polar surface area (TPSA) is 54.5 Å². The molecule has 0 amide bonds. The number of fused-ring (bicyclic) bond motifs is 3. The van der Waals surface area contributed by atoms with Crippen molar-refractivity contribution in [1.29, 1.82) is 0 Å². The molecule has 5 heteroatoms. The molecule has 0 aliphatic carbocycles. The van der Waals surface area contributed by atoms with Gasteiger partial charge in [0.25, 0.3) is 0 Å². The summed E-state index contributed by atoms with van der Waals surface area (Å²) in [5.74, 6) is -0.322. The molecule has 4 aromatic rings. The fourth-order valence-electron chi connectivity index (χ4n) is 2.30. The number of hydrogen-bond acceptors (Lipinski definition) is 3. The van der Waals surface area contributed by atoms with Gasteiger partial charge in [0.2, 0.25) is 0 Å². The Labute approximate surface area is 113 Å². The molecule has 0 bridgehead atoms. The molecule has 1 N–H and O–H groups in total. The first-order valence-corrected chi connectivity index (χ1v) is 6.16. The summed E-state index contributed by atoms with van der Waals surface area (Å²) in [7, 11) is 0. The van der Waals surface area contributed by atoms with Crippen LogP contribution >= 0.6 is 0 Å². The van der Waals surface area contributed by atoms with Crippen LogP contribution in [0, 0.1) is 5.82 Å². The molecule has 0 unspecified atom stereocenters. The van der Waals surface area contributed by atoms with Crippen molar-refractivity contribution in [1.82, 2.24) is 19.9 Å². The van der Waals surface area contributed by atoms with Crippen LogP contribution in [0.4, 0.5) is 4.39 Å². The summed E-state index contributed by atoms with van der Waals surface area (Å²) in [5, 5.41) is 2.02. The molecule has 4 rings (SSSR count). The molecule has 0 saturated heterocycles. The first-order chi connectivity index (χ1) is 9.81. The van der Waals surface area contributed by atoms with Crippen molar-refractivity contribution in [2.75, 3.05) is 0 Å². The van der Waals surface area contributed by atoms with Crippen LogP contribution in [0.2, 0.25) is 0 Å². The lowest BCUT2D eigenvalue weighted by Gasteiger charge is -2.00. The highest BCUT2D eigenvalue weighted by atomic mass is 19.1. The molecule has 0 aliphatic heterocycles. The number of pyridine rings is 3. The Morgan fingerprint density at radius 3 is 2.80 bits per heavy atom. The van der Waals surface area contributed by atoms with Crippen molar-refractivity contribution in [3.8, 4) is 11.4 Å². The molecule has 4 nitrogen and oxygen atoms in total. The SMILES string of the molecule is Fc1ccnc(-c2ccc3c(n2)[nH]c2ccncc23)c1.